The number of amides is 1. The Kier molecular flexibility index (Phi) is 3.31. The van der Waals surface area contributed by atoms with E-state index >= 15 is 0 Å². The average molecular weight is 203 g/mol. The zero-order chi connectivity index (χ0) is 9.84. The summed E-state index contributed by atoms with van der Waals surface area (Å²) < 4.78 is 4.57. The molecule has 1 aromatic rings. The maximum absolute atomic E-state index is 11.6. The summed E-state index contributed by atoms with van der Waals surface area (Å²) in [4.78, 5) is 13.1. The van der Waals surface area contributed by atoms with Crippen LogP contribution in [0.5, 0.6) is 0 Å². The first-order chi connectivity index (χ1) is 6.16. The van der Waals surface area contributed by atoms with E-state index in [1.54, 1.807) is 7.05 Å². The highest BCUT2D eigenvalue weighted by atomic mass is 35.5. The second-order valence-electron chi connectivity index (χ2n) is 2.80. The summed E-state index contributed by atoms with van der Waals surface area (Å²) in [6.45, 7) is 1.87. The molecule has 13 heavy (non-hydrogen) atoms. The van der Waals surface area contributed by atoms with Crippen molar-refractivity contribution < 1.29 is 9.32 Å². The van der Waals surface area contributed by atoms with Gasteiger partial charge in [-0.1, -0.05) is 5.16 Å². The highest BCUT2D eigenvalue weighted by Crippen LogP contribution is 2.05. The van der Waals surface area contributed by atoms with Crippen molar-refractivity contribution in [2.24, 2.45) is 0 Å². The molecule has 0 bridgehead atoms. The van der Waals surface area contributed by atoms with Gasteiger partial charge >= 0.3 is 0 Å². The van der Waals surface area contributed by atoms with Crippen LogP contribution in [0.1, 0.15) is 17.4 Å². The summed E-state index contributed by atoms with van der Waals surface area (Å²) >= 11 is 5.61. The minimum Gasteiger partial charge on any atom is -0.364 e. The van der Waals surface area contributed by atoms with Gasteiger partial charge in [-0.3, -0.25) is 4.79 Å². The van der Waals surface area contributed by atoms with Crippen molar-refractivity contribution in [2.45, 2.75) is 13.0 Å². The normalized spacial score (nSPS) is 12.5. The molecule has 0 fully saturated rings. The second kappa shape index (κ2) is 4.28. The highest BCUT2D eigenvalue weighted by molar-refractivity contribution is 6.18. The Morgan fingerprint density at radius 1 is 1.85 bits per heavy atom. The van der Waals surface area contributed by atoms with Crippen LogP contribution in [-0.4, -0.2) is 34.9 Å². The minimum atomic E-state index is -0.179. The molecule has 1 unspecified atom stereocenters. The van der Waals surface area contributed by atoms with Crippen LogP contribution < -0.4 is 0 Å². The van der Waals surface area contributed by atoms with E-state index in [0.29, 0.717) is 11.6 Å². The van der Waals surface area contributed by atoms with Crippen LogP contribution in [0.2, 0.25) is 0 Å². The van der Waals surface area contributed by atoms with Crippen LogP contribution in [0, 0.1) is 0 Å². The second-order valence-corrected chi connectivity index (χ2v) is 3.11. The van der Waals surface area contributed by atoms with Gasteiger partial charge in [-0.25, -0.2) is 0 Å². The number of halogens is 1. The molecule has 0 saturated heterocycles. The molecule has 1 rings (SSSR count). The summed E-state index contributed by atoms with van der Waals surface area (Å²) in [6, 6.07) is 1.52. The van der Waals surface area contributed by atoms with Crippen molar-refractivity contribution in [2.75, 3.05) is 12.9 Å². The fourth-order valence-electron chi connectivity index (χ4n) is 0.807. The van der Waals surface area contributed by atoms with E-state index in [0.717, 1.165) is 0 Å². The molecule has 0 aliphatic heterocycles. The van der Waals surface area contributed by atoms with E-state index in [2.05, 4.69) is 9.68 Å². The molecule has 0 N–H and O–H groups in total. The number of carbonyl (C=O) groups excluding carboxylic acids is 1. The molecule has 4 nitrogen and oxygen atoms in total. The smallest absolute Gasteiger partial charge is 0.276 e. The topological polar surface area (TPSA) is 46.3 Å². The molecule has 5 heteroatoms. The van der Waals surface area contributed by atoms with Crippen molar-refractivity contribution in [1.29, 1.82) is 0 Å². The Morgan fingerprint density at radius 2 is 2.54 bits per heavy atom. The molecule has 0 aromatic carbocycles. The van der Waals surface area contributed by atoms with Crippen LogP contribution in [0.25, 0.3) is 0 Å². The van der Waals surface area contributed by atoms with E-state index in [1.165, 1.54) is 17.2 Å². The maximum atomic E-state index is 11.6. The van der Waals surface area contributed by atoms with Gasteiger partial charge in [-0.05, 0) is 6.92 Å². The van der Waals surface area contributed by atoms with Crippen molar-refractivity contribution in [3.8, 4) is 0 Å². The van der Waals surface area contributed by atoms with E-state index < -0.39 is 0 Å². The monoisotopic (exact) mass is 202 g/mol. The van der Waals surface area contributed by atoms with Gasteiger partial charge in [0.25, 0.3) is 5.91 Å². The molecule has 0 radical (unpaired) electrons. The molecule has 1 atom stereocenters. The lowest BCUT2D eigenvalue weighted by atomic mass is 10.3. The predicted octanol–water partition coefficient (Wildman–Crippen LogP) is 1.37. The molecule has 0 aliphatic rings. The predicted molar refractivity (Wildman–Crippen MR) is 48.8 cm³/mol. The van der Waals surface area contributed by atoms with Crippen LogP contribution in [0.15, 0.2) is 16.9 Å². The molecule has 1 aromatic heterocycles. The van der Waals surface area contributed by atoms with Gasteiger partial charge in [0.1, 0.15) is 6.26 Å². The van der Waals surface area contributed by atoms with Gasteiger partial charge in [-0.15, -0.1) is 11.6 Å². The number of alkyl halides is 1. The molecule has 72 valence electrons. The molecule has 0 spiro atoms. The Bertz CT molecular complexity index is 274. The first kappa shape index (κ1) is 10.1. The number of hydrogen-bond donors (Lipinski definition) is 0. The van der Waals surface area contributed by atoms with Gasteiger partial charge in [-0.2, -0.15) is 0 Å². The number of hydrogen-bond acceptors (Lipinski definition) is 3. The average Bonchev–Trinajstić information content (AvgIpc) is 2.67. The molecular formula is C8H11ClN2O2. The molecule has 1 amide bonds. The van der Waals surface area contributed by atoms with Gasteiger partial charge in [0, 0.05) is 25.0 Å². The molecular weight excluding hydrogens is 192 g/mol. The number of aromatic nitrogens is 1. The number of carbonyl (C=O) groups is 1. The standard InChI is InChI=1S/C8H11ClN2O2/c1-6(5-9)11(2)8(12)7-3-4-13-10-7/h3-4,6H,5H2,1-2H3. The van der Waals surface area contributed by atoms with Gasteiger partial charge in [0.2, 0.25) is 0 Å². The van der Waals surface area contributed by atoms with E-state index in [1.807, 2.05) is 6.92 Å². The number of nitrogens with zero attached hydrogens (tertiary/aromatic N) is 2. The first-order valence-corrected chi connectivity index (χ1v) is 4.43. The quantitative estimate of drug-likeness (QED) is 0.696. The van der Waals surface area contributed by atoms with Crippen LogP contribution in [-0.2, 0) is 0 Å². The van der Waals surface area contributed by atoms with Gasteiger partial charge in [0.15, 0.2) is 5.69 Å². The van der Waals surface area contributed by atoms with Gasteiger partial charge in [0.05, 0.1) is 0 Å². The van der Waals surface area contributed by atoms with Crippen LogP contribution >= 0.6 is 11.6 Å². The van der Waals surface area contributed by atoms with Crippen molar-refractivity contribution in [3.05, 3.63) is 18.0 Å². The Labute approximate surface area is 81.4 Å². The third kappa shape index (κ3) is 2.21. The molecule has 1 heterocycles. The molecule has 0 aliphatic carbocycles. The van der Waals surface area contributed by atoms with Gasteiger partial charge < -0.3 is 9.42 Å². The Balaban J connectivity index is 2.68. The molecule has 0 saturated carbocycles. The van der Waals surface area contributed by atoms with E-state index in [-0.39, 0.29) is 11.9 Å². The summed E-state index contributed by atoms with van der Waals surface area (Å²) in [5.41, 5.74) is 0.305. The third-order valence-corrected chi connectivity index (χ3v) is 2.31. The van der Waals surface area contributed by atoms with Crippen molar-refractivity contribution >= 4 is 17.5 Å². The van der Waals surface area contributed by atoms with Crippen molar-refractivity contribution in [1.82, 2.24) is 10.1 Å². The third-order valence-electron chi connectivity index (χ3n) is 1.86. The number of rotatable bonds is 3. The van der Waals surface area contributed by atoms with E-state index in [9.17, 15) is 4.79 Å². The van der Waals surface area contributed by atoms with E-state index in [4.69, 9.17) is 11.6 Å². The Hall–Kier alpha value is -1.03. The lowest BCUT2D eigenvalue weighted by molar-refractivity contribution is 0.0746. The summed E-state index contributed by atoms with van der Waals surface area (Å²) in [5.74, 6) is 0.224. The minimum absolute atomic E-state index is 0.00846. The fourth-order valence-corrected chi connectivity index (χ4v) is 1.01. The fraction of sp³-hybridized carbons (Fsp3) is 0.500. The SMILES string of the molecule is CC(CCl)N(C)C(=O)c1ccon1. The zero-order valence-corrected chi connectivity index (χ0v) is 8.28. The summed E-state index contributed by atoms with van der Waals surface area (Å²) in [5, 5.41) is 3.54. The first-order valence-electron chi connectivity index (χ1n) is 3.90. The maximum Gasteiger partial charge on any atom is 0.276 e. The largest absolute Gasteiger partial charge is 0.364 e. The summed E-state index contributed by atoms with van der Waals surface area (Å²) in [7, 11) is 1.68. The Morgan fingerprint density at radius 3 is 3.00 bits per heavy atom. The lowest BCUT2D eigenvalue weighted by Gasteiger charge is -2.21. The van der Waals surface area contributed by atoms with Crippen LogP contribution in [0.4, 0.5) is 0 Å². The summed E-state index contributed by atoms with van der Waals surface area (Å²) in [6.07, 6.45) is 1.37. The lowest BCUT2D eigenvalue weighted by Crippen LogP contribution is -2.36. The van der Waals surface area contributed by atoms with Crippen LogP contribution in [0.3, 0.4) is 0 Å². The highest BCUT2D eigenvalue weighted by Gasteiger charge is 2.18. The zero-order valence-electron chi connectivity index (χ0n) is 7.53. The van der Waals surface area contributed by atoms with Crippen molar-refractivity contribution in [3.63, 3.8) is 0 Å².